The van der Waals surface area contributed by atoms with Gasteiger partial charge in [0, 0.05) is 5.56 Å². The molecular formula is C25H16Br2N4O. The summed E-state index contributed by atoms with van der Waals surface area (Å²) in [6, 6.07) is 21.4. The van der Waals surface area contributed by atoms with E-state index in [0.29, 0.717) is 22.7 Å². The number of aromatic nitrogens is 2. The highest BCUT2D eigenvalue weighted by atomic mass is 79.9. The largest absolute Gasteiger partial charge is 0.486 e. The fourth-order valence-electron chi connectivity index (χ4n) is 3.28. The number of hydrogen-bond donors (Lipinski definition) is 1. The third kappa shape index (κ3) is 4.60. The first-order chi connectivity index (χ1) is 15.5. The van der Waals surface area contributed by atoms with Gasteiger partial charge < -0.3 is 9.72 Å². The van der Waals surface area contributed by atoms with Crippen molar-refractivity contribution in [3.8, 4) is 17.9 Å². The minimum atomic E-state index is 0.262. The third-order valence-electron chi connectivity index (χ3n) is 4.85. The smallest absolute Gasteiger partial charge is 0.149 e. The van der Waals surface area contributed by atoms with Gasteiger partial charge in [0.05, 0.1) is 37.2 Å². The van der Waals surface area contributed by atoms with Crippen molar-refractivity contribution < 1.29 is 4.74 Å². The van der Waals surface area contributed by atoms with Crippen molar-refractivity contribution in [3.63, 3.8) is 0 Å². The second kappa shape index (κ2) is 9.40. The predicted molar refractivity (Wildman–Crippen MR) is 132 cm³/mol. The molecule has 0 spiro atoms. The Labute approximate surface area is 202 Å². The van der Waals surface area contributed by atoms with Crippen molar-refractivity contribution in [2.75, 3.05) is 0 Å². The van der Waals surface area contributed by atoms with Gasteiger partial charge in [-0.2, -0.15) is 10.5 Å². The molecule has 4 rings (SSSR count). The maximum atomic E-state index is 9.72. The molecule has 0 aliphatic rings. The SMILES string of the molecule is Cc1ccc2nc(/C(C#N)=C\c3cc(Br)c(OCc4ccccc4C#N)c(Br)c3)[nH]c2c1. The fraction of sp³-hybridized carbons (Fsp3) is 0.0800. The third-order valence-corrected chi connectivity index (χ3v) is 6.03. The molecule has 0 saturated carbocycles. The number of aromatic amines is 1. The summed E-state index contributed by atoms with van der Waals surface area (Å²) in [7, 11) is 0. The van der Waals surface area contributed by atoms with Crippen molar-refractivity contribution in [2.45, 2.75) is 13.5 Å². The number of nitrogens with zero attached hydrogens (tertiary/aromatic N) is 3. The van der Waals surface area contributed by atoms with Gasteiger partial charge >= 0.3 is 0 Å². The molecule has 156 valence electrons. The number of aryl methyl sites for hydroxylation is 1. The lowest BCUT2D eigenvalue weighted by Crippen LogP contribution is -1.99. The number of nitriles is 2. The Balaban J connectivity index is 1.62. The first-order valence-electron chi connectivity index (χ1n) is 9.67. The van der Waals surface area contributed by atoms with Crippen LogP contribution in [-0.4, -0.2) is 9.97 Å². The molecule has 1 heterocycles. The lowest BCUT2D eigenvalue weighted by Gasteiger charge is -2.12. The quantitative estimate of drug-likeness (QED) is 0.275. The van der Waals surface area contributed by atoms with E-state index in [4.69, 9.17) is 4.74 Å². The Morgan fingerprint density at radius 2 is 1.84 bits per heavy atom. The number of H-pyrrole nitrogens is 1. The number of hydrogen-bond acceptors (Lipinski definition) is 4. The van der Waals surface area contributed by atoms with E-state index in [1.807, 2.05) is 55.5 Å². The molecule has 3 aromatic carbocycles. The minimum absolute atomic E-state index is 0.262. The molecule has 0 fully saturated rings. The van der Waals surface area contributed by atoms with Gasteiger partial charge in [0.15, 0.2) is 0 Å². The number of benzene rings is 3. The molecule has 0 atom stereocenters. The number of nitrogens with one attached hydrogen (secondary N) is 1. The Bertz CT molecular complexity index is 1420. The first-order valence-corrected chi connectivity index (χ1v) is 11.3. The summed E-state index contributed by atoms with van der Waals surface area (Å²) in [5, 5.41) is 19.0. The van der Waals surface area contributed by atoms with E-state index in [9.17, 15) is 10.5 Å². The van der Waals surface area contributed by atoms with Gasteiger partial charge in [-0.3, -0.25) is 0 Å². The topological polar surface area (TPSA) is 85.5 Å². The second-order valence-corrected chi connectivity index (χ2v) is 8.86. The van der Waals surface area contributed by atoms with Gasteiger partial charge in [-0.05, 0) is 86.3 Å². The molecule has 0 radical (unpaired) electrons. The van der Waals surface area contributed by atoms with Crippen molar-refractivity contribution in [3.05, 3.63) is 91.6 Å². The number of halogens is 2. The highest BCUT2D eigenvalue weighted by molar-refractivity contribution is 9.11. The molecule has 0 saturated heterocycles. The molecule has 0 aliphatic carbocycles. The summed E-state index contributed by atoms with van der Waals surface area (Å²) < 4.78 is 7.42. The molecule has 1 aromatic heterocycles. The number of fused-ring (bicyclic) bond motifs is 1. The Kier molecular flexibility index (Phi) is 6.41. The molecule has 0 amide bonds. The standard InChI is InChI=1S/C25H16Br2N4O/c1-15-6-7-22-23(8-15)31-25(30-22)19(13-29)9-16-10-20(26)24(21(27)11-16)32-14-18-5-3-2-4-17(18)12-28/h2-11H,14H2,1H3,(H,30,31)/b19-9-. The van der Waals surface area contributed by atoms with Gasteiger partial charge in [-0.1, -0.05) is 24.3 Å². The van der Waals surface area contributed by atoms with Crippen LogP contribution in [0.25, 0.3) is 22.7 Å². The monoisotopic (exact) mass is 546 g/mol. The van der Waals surface area contributed by atoms with Gasteiger partial charge in [-0.15, -0.1) is 0 Å². The summed E-state index contributed by atoms with van der Waals surface area (Å²) in [5.74, 6) is 1.14. The molecule has 4 aromatic rings. The number of imidazole rings is 1. The van der Waals surface area contributed by atoms with Crippen LogP contribution in [0, 0.1) is 29.6 Å². The highest BCUT2D eigenvalue weighted by Crippen LogP contribution is 2.36. The molecule has 32 heavy (non-hydrogen) atoms. The maximum absolute atomic E-state index is 9.72. The average Bonchev–Trinajstić information content (AvgIpc) is 3.20. The minimum Gasteiger partial charge on any atom is -0.486 e. The second-order valence-electron chi connectivity index (χ2n) is 7.15. The van der Waals surface area contributed by atoms with Gasteiger partial charge in [0.2, 0.25) is 0 Å². The normalized spacial score (nSPS) is 11.2. The van der Waals surface area contributed by atoms with Crippen molar-refractivity contribution >= 4 is 54.5 Å². The van der Waals surface area contributed by atoms with Crippen LogP contribution >= 0.6 is 31.9 Å². The van der Waals surface area contributed by atoms with Gasteiger partial charge in [-0.25, -0.2) is 4.98 Å². The van der Waals surface area contributed by atoms with Crippen LogP contribution in [0.2, 0.25) is 0 Å². The van der Waals surface area contributed by atoms with Gasteiger partial charge in [0.25, 0.3) is 0 Å². The van der Waals surface area contributed by atoms with Crippen molar-refractivity contribution in [1.29, 1.82) is 10.5 Å². The lowest BCUT2D eigenvalue weighted by atomic mass is 10.1. The average molecular weight is 548 g/mol. The van der Waals surface area contributed by atoms with Crippen LogP contribution in [0.5, 0.6) is 5.75 Å². The Morgan fingerprint density at radius 1 is 1.09 bits per heavy atom. The van der Waals surface area contributed by atoms with Crippen LogP contribution in [0.4, 0.5) is 0 Å². The molecule has 0 bridgehead atoms. The van der Waals surface area contributed by atoms with Crippen LogP contribution in [-0.2, 0) is 6.61 Å². The molecule has 5 nitrogen and oxygen atoms in total. The highest BCUT2D eigenvalue weighted by Gasteiger charge is 2.13. The molecule has 1 N–H and O–H groups in total. The fourth-order valence-corrected chi connectivity index (χ4v) is 4.73. The van der Waals surface area contributed by atoms with E-state index < -0.39 is 0 Å². The summed E-state index contributed by atoms with van der Waals surface area (Å²) in [5.41, 5.74) is 5.45. The number of rotatable bonds is 5. The van der Waals surface area contributed by atoms with Gasteiger partial charge in [0.1, 0.15) is 24.3 Å². The first kappa shape index (κ1) is 21.8. The lowest BCUT2D eigenvalue weighted by molar-refractivity contribution is 0.302. The summed E-state index contributed by atoms with van der Waals surface area (Å²) in [6.45, 7) is 2.27. The van der Waals surface area contributed by atoms with E-state index in [1.165, 1.54) is 0 Å². The number of allylic oxidation sites excluding steroid dienone is 1. The van der Waals surface area contributed by atoms with E-state index in [0.717, 1.165) is 36.7 Å². The zero-order valence-electron chi connectivity index (χ0n) is 17.0. The van der Waals surface area contributed by atoms with Crippen LogP contribution < -0.4 is 4.74 Å². The van der Waals surface area contributed by atoms with Crippen LogP contribution in [0.3, 0.4) is 0 Å². The zero-order valence-corrected chi connectivity index (χ0v) is 20.2. The van der Waals surface area contributed by atoms with E-state index in [2.05, 4.69) is 54.0 Å². The summed E-state index contributed by atoms with van der Waals surface area (Å²) >= 11 is 7.11. The van der Waals surface area contributed by atoms with Crippen molar-refractivity contribution in [2.24, 2.45) is 0 Å². The summed E-state index contributed by atoms with van der Waals surface area (Å²) in [6.07, 6.45) is 1.77. The molecule has 0 unspecified atom stereocenters. The molecule has 7 heteroatoms. The summed E-state index contributed by atoms with van der Waals surface area (Å²) in [4.78, 5) is 7.76. The van der Waals surface area contributed by atoms with Crippen molar-refractivity contribution in [1.82, 2.24) is 9.97 Å². The number of ether oxygens (including phenoxy) is 1. The van der Waals surface area contributed by atoms with Crippen LogP contribution in [0.15, 0.2) is 63.5 Å². The van der Waals surface area contributed by atoms with E-state index in [1.54, 1.807) is 12.1 Å². The zero-order chi connectivity index (χ0) is 22.7. The Hall–Kier alpha value is -3.39. The molecular weight excluding hydrogens is 532 g/mol. The molecule has 0 aliphatic heterocycles. The van der Waals surface area contributed by atoms with Crippen LogP contribution in [0.1, 0.15) is 28.1 Å². The van der Waals surface area contributed by atoms with E-state index in [-0.39, 0.29) is 6.61 Å². The predicted octanol–water partition coefficient (Wildman–Crippen LogP) is 6.91. The van der Waals surface area contributed by atoms with E-state index >= 15 is 0 Å². The maximum Gasteiger partial charge on any atom is 0.149 e. The Morgan fingerprint density at radius 3 is 2.56 bits per heavy atom.